The van der Waals surface area contributed by atoms with Crippen LogP contribution >= 0.6 is 11.6 Å². The van der Waals surface area contributed by atoms with Crippen molar-refractivity contribution in [1.82, 2.24) is 14.5 Å². The summed E-state index contributed by atoms with van der Waals surface area (Å²) in [6.07, 6.45) is 2.96. The second-order valence-electron chi connectivity index (χ2n) is 3.43. The van der Waals surface area contributed by atoms with Crippen LogP contribution in [-0.4, -0.2) is 21.1 Å². The molecule has 0 saturated carbocycles. The smallest absolute Gasteiger partial charge is 0.226 e. The Bertz CT molecular complexity index is 479. The Labute approximate surface area is 107 Å². The highest BCUT2D eigenvalue weighted by molar-refractivity contribution is 6.34. The van der Waals surface area contributed by atoms with Gasteiger partial charge in [-0.25, -0.2) is 4.98 Å². The first-order valence-corrected chi connectivity index (χ1v) is 6.32. The Morgan fingerprint density at radius 1 is 1.35 bits per heavy atom. The van der Waals surface area contributed by atoms with Crippen molar-refractivity contribution < 1.29 is 0 Å². The van der Waals surface area contributed by atoms with Crippen molar-refractivity contribution in [3.8, 4) is 0 Å². The van der Waals surface area contributed by atoms with Crippen LogP contribution in [0.1, 0.15) is 27.2 Å². The van der Waals surface area contributed by atoms with Crippen molar-refractivity contribution in [2.24, 2.45) is 7.05 Å². The van der Waals surface area contributed by atoms with E-state index < -0.39 is 0 Å². The van der Waals surface area contributed by atoms with Gasteiger partial charge in [-0.1, -0.05) is 32.4 Å². The SMILES string of the molecule is CC.CCCNc1nc(Cl)c2ccn(C)c2n1. The normalized spacial score (nSPS) is 9.94. The lowest BCUT2D eigenvalue weighted by Crippen LogP contribution is -2.05. The molecule has 0 aliphatic heterocycles. The number of halogens is 1. The van der Waals surface area contributed by atoms with Gasteiger partial charge in [0.2, 0.25) is 5.95 Å². The van der Waals surface area contributed by atoms with Gasteiger partial charge in [0.1, 0.15) is 10.8 Å². The molecular formula is C12H19ClN4. The van der Waals surface area contributed by atoms with E-state index in [0.29, 0.717) is 11.1 Å². The van der Waals surface area contributed by atoms with Crippen LogP contribution in [0.4, 0.5) is 5.95 Å². The quantitative estimate of drug-likeness (QED) is 0.853. The minimum absolute atomic E-state index is 0.499. The first kappa shape index (κ1) is 13.8. The average Bonchev–Trinajstić information content (AvgIpc) is 2.72. The van der Waals surface area contributed by atoms with E-state index >= 15 is 0 Å². The molecular weight excluding hydrogens is 236 g/mol. The van der Waals surface area contributed by atoms with Crippen molar-refractivity contribution in [3.63, 3.8) is 0 Å². The average molecular weight is 255 g/mol. The number of hydrogen-bond acceptors (Lipinski definition) is 3. The third kappa shape index (κ3) is 3.09. The third-order valence-electron chi connectivity index (χ3n) is 2.21. The standard InChI is InChI=1S/C10H13ClN4.C2H6/c1-3-5-12-10-13-8(11)7-4-6-15(2)9(7)14-10;1-2/h4,6H,3,5H2,1-2H3,(H,12,13,14);1-2H3. The van der Waals surface area contributed by atoms with Crippen LogP contribution in [0.15, 0.2) is 12.3 Å². The second kappa shape index (κ2) is 6.45. The van der Waals surface area contributed by atoms with Gasteiger partial charge in [-0.05, 0) is 12.5 Å². The summed E-state index contributed by atoms with van der Waals surface area (Å²) in [5.74, 6) is 0.594. The molecule has 0 aliphatic rings. The molecule has 0 bridgehead atoms. The van der Waals surface area contributed by atoms with Crippen molar-refractivity contribution in [2.45, 2.75) is 27.2 Å². The maximum Gasteiger partial charge on any atom is 0.226 e. The Hall–Kier alpha value is -1.29. The van der Waals surface area contributed by atoms with Gasteiger partial charge >= 0.3 is 0 Å². The molecule has 0 spiro atoms. The fraction of sp³-hybridized carbons (Fsp3) is 0.500. The van der Waals surface area contributed by atoms with E-state index in [-0.39, 0.29) is 0 Å². The maximum atomic E-state index is 6.05. The number of aryl methyl sites for hydroxylation is 1. The van der Waals surface area contributed by atoms with Gasteiger partial charge in [0.15, 0.2) is 0 Å². The molecule has 5 heteroatoms. The molecule has 0 aliphatic carbocycles. The van der Waals surface area contributed by atoms with Gasteiger partial charge in [0, 0.05) is 19.8 Å². The molecule has 0 saturated heterocycles. The van der Waals surface area contributed by atoms with Crippen molar-refractivity contribution in [3.05, 3.63) is 17.4 Å². The number of rotatable bonds is 3. The van der Waals surface area contributed by atoms with Crippen LogP contribution in [0.5, 0.6) is 0 Å². The van der Waals surface area contributed by atoms with Gasteiger partial charge in [0.05, 0.1) is 5.39 Å². The molecule has 17 heavy (non-hydrogen) atoms. The van der Waals surface area contributed by atoms with Gasteiger partial charge < -0.3 is 9.88 Å². The van der Waals surface area contributed by atoms with E-state index in [1.165, 1.54) is 0 Å². The fourth-order valence-corrected chi connectivity index (χ4v) is 1.64. The summed E-state index contributed by atoms with van der Waals surface area (Å²) in [5, 5.41) is 4.51. The monoisotopic (exact) mass is 254 g/mol. The number of nitrogens with one attached hydrogen (secondary N) is 1. The van der Waals surface area contributed by atoms with Crippen LogP contribution < -0.4 is 5.32 Å². The Kier molecular flexibility index (Phi) is 5.22. The minimum Gasteiger partial charge on any atom is -0.354 e. The molecule has 4 nitrogen and oxygen atoms in total. The van der Waals surface area contributed by atoms with Gasteiger partial charge in [0.25, 0.3) is 0 Å². The topological polar surface area (TPSA) is 42.7 Å². The fourth-order valence-electron chi connectivity index (χ4n) is 1.42. The predicted octanol–water partition coefficient (Wildman–Crippen LogP) is 3.47. The molecule has 1 N–H and O–H groups in total. The van der Waals surface area contributed by atoms with Crippen LogP contribution in [0.2, 0.25) is 5.15 Å². The second-order valence-corrected chi connectivity index (χ2v) is 3.79. The van der Waals surface area contributed by atoms with E-state index in [4.69, 9.17) is 11.6 Å². The largest absolute Gasteiger partial charge is 0.354 e. The van der Waals surface area contributed by atoms with Crippen molar-refractivity contribution in [2.75, 3.05) is 11.9 Å². The van der Waals surface area contributed by atoms with Crippen LogP contribution in [0.3, 0.4) is 0 Å². The Morgan fingerprint density at radius 2 is 2.06 bits per heavy atom. The molecule has 0 unspecified atom stereocenters. The van der Waals surface area contributed by atoms with Gasteiger partial charge in [-0.2, -0.15) is 4.98 Å². The van der Waals surface area contributed by atoms with Crippen LogP contribution in [-0.2, 0) is 7.05 Å². The predicted molar refractivity (Wildman–Crippen MR) is 73.6 cm³/mol. The van der Waals surface area contributed by atoms with Crippen molar-refractivity contribution in [1.29, 1.82) is 0 Å². The Morgan fingerprint density at radius 3 is 2.71 bits per heavy atom. The molecule has 0 amide bonds. The molecule has 2 aromatic heterocycles. The zero-order valence-electron chi connectivity index (χ0n) is 10.8. The third-order valence-corrected chi connectivity index (χ3v) is 2.50. The van der Waals surface area contributed by atoms with E-state index in [2.05, 4.69) is 22.2 Å². The zero-order chi connectivity index (χ0) is 12.8. The molecule has 2 rings (SSSR count). The lowest BCUT2D eigenvalue weighted by Gasteiger charge is -2.04. The summed E-state index contributed by atoms with van der Waals surface area (Å²) in [4.78, 5) is 8.57. The maximum absolute atomic E-state index is 6.05. The number of nitrogens with zero attached hydrogens (tertiary/aromatic N) is 3. The summed E-state index contributed by atoms with van der Waals surface area (Å²) < 4.78 is 1.93. The molecule has 0 fully saturated rings. The summed E-state index contributed by atoms with van der Waals surface area (Å²) in [5.41, 5.74) is 0.855. The molecule has 2 heterocycles. The summed E-state index contributed by atoms with van der Waals surface area (Å²) in [6, 6.07) is 1.92. The molecule has 94 valence electrons. The highest BCUT2D eigenvalue weighted by Gasteiger charge is 2.07. The molecule has 0 aromatic carbocycles. The molecule has 0 radical (unpaired) electrons. The highest BCUT2D eigenvalue weighted by atomic mass is 35.5. The van der Waals surface area contributed by atoms with Crippen molar-refractivity contribution >= 4 is 28.6 Å². The molecule has 2 aromatic rings. The number of anilines is 1. The number of aromatic nitrogens is 3. The van der Waals surface area contributed by atoms with Crippen LogP contribution in [0.25, 0.3) is 11.0 Å². The first-order valence-electron chi connectivity index (χ1n) is 5.95. The lowest BCUT2D eigenvalue weighted by atomic mass is 10.4. The molecule has 0 atom stereocenters. The minimum atomic E-state index is 0.499. The number of fused-ring (bicyclic) bond motifs is 1. The summed E-state index contributed by atoms with van der Waals surface area (Å²) in [7, 11) is 1.94. The lowest BCUT2D eigenvalue weighted by molar-refractivity contribution is 0.928. The first-order chi connectivity index (χ1) is 8.22. The van der Waals surface area contributed by atoms with E-state index in [1.807, 2.05) is 37.7 Å². The highest BCUT2D eigenvalue weighted by Crippen LogP contribution is 2.22. The summed E-state index contributed by atoms with van der Waals surface area (Å²) >= 11 is 6.05. The summed E-state index contributed by atoms with van der Waals surface area (Å²) in [6.45, 7) is 6.95. The van der Waals surface area contributed by atoms with Gasteiger partial charge in [-0.15, -0.1) is 0 Å². The zero-order valence-corrected chi connectivity index (χ0v) is 11.5. The van der Waals surface area contributed by atoms with Crippen LogP contribution in [0, 0.1) is 0 Å². The van der Waals surface area contributed by atoms with E-state index in [1.54, 1.807) is 0 Å². The Balaban J connectivity index is 0.000000686. The van der Waals surface area contributed by atoms with Gasteiger partial charge in [-0.3, -0.25) is 0 Å². The number of hydrogen-bond donors (Lipinski definition) is 1. The van der Waals surface area contributed by atoms with E-state index in [9.17, 15) is 0 Å². The van der Waals surface area contributed by atoms with E-state index in [0.717, 1.165) is 24.0 Å².